The molecule has 4 heteroatoms. The number of aliphatic hydroxyl groups is 2. The Balaban J connectivity index is 3.56. The summed E-state index contributed by atoms with van der Waals surface area (Å²) in [5.41, 5.74) is 0. The van der Waals surface area contributed by atoms with Gasteiger partial charge in [0.15, 0.2) is 0 Å². The summed E-state index contributed by atoms with van der Waals surface area (Å²) in [7, 11) is 0. The second kappa shape index (κ2) is 58.8. The molecule has 0 spiro atoms. The van der Waals surface area contributed by atoms with Crippen LogP contribution < -0.4 is 5.32 Å². The highest BCUT2D eigenvalue weighted by atomic mass is 16.3. The molecular weight excluding hydrogens is 843 g/mol. The monoisotopic (exact) mass is 952 g/mol. The molecule has 0 saturated carbocycles. The molecule has 69 heavy (non-hydrogen) atoms. The van der Waals surface area contributed by atoms with Crippen LogP contribution in [0.3, 0.4) is 0 Å². The molecule has 0 heterocycles. The summed E-state index contributed by atoms with van der Waals surface area (Å²) in [6, 6.07) is -0.652. The van der Waals surface area contributed by atoms with Crippen molar-refractivity contribution in [2.75, 3.05) is 6.61 Å². The van der Waals surface area contributed by atoms with Crippen molar-refractivity contribution in [2.45, 2.75) is 264 Å². The zero-order chi connectivity index (χ0) is 49.9. The Bertz CT molecular complexity index is 1400. The highest BCUT2D eigenvalue weighted by Crippen LogP contribution is 2.15. The van der Waals surface area contributed by atoms with Gasteiger partial charge in [-0.3, -0.25) is 4.79 Å². The van der Waals surface area contributed by atoms with Gasteiger partial charge in [0.25, 0.3) is 0 Å². The van der Waals surface area contributed by atoms with Gasteiger partial charge in [-0.25, -0.2) is 0 Å². The van der Waals surface area contributed by atoms with Crippen LogP contribution in [0.5, 0.6) is 0 Å². The molecule has 0 aliphatic rings. The Morgan fingerprint density at radius 3 is 1.01 bits per heavy atom. The van der Waals surface area contributed by atoms with Gasteiger partial charge in [0.05, 0.1) is 18.8 Å². The summed E-state index contributed by atoms with van der Waals surface area (Å²) >= 11 is 0. The van der Waals surface area contributed by atoms with E-state index in [0.29, 0.717) is 6.42 Å². The molecule has 1 amide bonds. The quantitative estimate of drug-likeness (QED) is 0.0420. The minimum Gasteiger partial charge on any atom is -0.394 e. The average Bonchev–Trinajstić information content (AvgIpc) is 3.35. The van der Waals surface area contributed by atoms with Crippen LogP contribution in [0.2, 0.25) is 0 Å². The van der Waals surface area contributed by atoms with E-state index < -0.39 is 12.1 Å². The van der Waals surface area contributed by atoms with Crippen LogP contribution in [0.15, 0.2) is 134 Å². The Morgan fingerprint density at radius 2 is 0.652 bits per heavy atom. The van der Waals surface area contributed by atoms with Crippen LogP contribution in [0.1, 0.15) is 251 Å². The molecule has 0 aromatic carbocycles. The van der Waals surface area contributed by atoms with Gasteiger partial charge in [-0.05, 0) is 109 Å². The number of amides is 1. The second-order valence-corrected chi connectivity index (χ2v) is 19.0. The molecule has 0 fully saturated rings. The topological polar surface area (TPSA) is 69.6 Å². The smallest absolute Gasteiger partial charge is 0.220 e. The van der Waals surface area contributed by atoms with Gasteiger partial charge in [-0.1, -0.05) is 270 Å². The average molecular weight is 953 g/mol. The van der Waals surface area contributed by atoms with E-state index in [9.17, 15) is 15.0 Å². The molecule has 0 rings (SSSR count). The highest BCUT2D eigenvalue weighted by molar-refractivity contribution is 5.76. The van der Waals surface area contributed by atoms with Gasteiger partial charge < -0.3 is 15.5 Å². The first-order valence-corrected chi connectivity index (χ1v) is 28.9. The molecule has 392 valence electrons. The van der Waals surface area contributed by atoms with Gasteiger partial charge in [0.2, 0.25) is 5.91 Å². The highest BCUT2D eigenvalue weighted by Gasteiger charge is 2.17. The van der Waals surface area contributed by atoms with E-state index in [1.807, 2.05) is 6.08 Å². The van der Waals surface area contributed by atoms with Crippen molar-refractivity contribution >= 4 is 5.91 Å². The maximum Gasteiger partial charge on any atom is 0.220 e. The molecule has 0 aromatic rings. The van der Waals surface area contributed by atoms with Crippen molar-refractivity contribution in [3.8, 4) is 0 Å². The van der Waals surface area contributed by atoms with Crippen LogP contribution in [0.25, 0.3) is 0 Å². The zero-order valence-electron chi connectivity index (χ0n) is 45.0. The van der Waals surface area contributed by atoms with Crippen molar-refractivity contribution in [2.24, 2.45) is 0 Å². The number of carbonyl (C=O) groups is 1. The fourth-order valence-electron chi connectivity index (χ4n) is 7.99. The minimum absolute atomic E-state index is 0.0818. The van der Waals surface area contributed by atoms with Gasteiger partial charge in [-0.15, -0.1) is 0 Å². The predicted molar refractivity (Wildman–Crippen MR) is 308 cm³/mol. The molecule has 2 unspecified atom stereocenters. The molecular formula is C65H109NO3. The lowest BCUT2D eigenvalue weighted by Gasteiger charge is -2.19. The number of nitrogens with one attached hydrogen (secondary N) is 1. The predicted octanol–water partition coefficient (Wildman–Crippen LogP) is 19.4. The third-order valence-corrected chi connectivity index (χ3v) is 12.3. The van der Waals surface area contributed by atoms with Crippen LogP contribution in [-0.2, 0) is 4.79 Å². The first kappa shape index (κ1) is 65.5. The van der Waals surface area contributed by atoms with E-state index in [1.165, 1.54) is 141 Å². The molecule has 0 aliphatic heterocycles. The lowest BCUT2D eigenvalue weighted by molar-refractivity contribution is -0.123. The molecule has 0 aromatic heterocycles. The number of hydrogen-bond donors (Lipinski definition) is 3. The Morgan fingerprint density at radius 1 is 0.362 bits per heavy atom. The molecule has 4 nitrogen and oxygen atoms in total. The first-order chi connectivity index (χ1) is 34.2. The molecule has 0 radical (unpaired) electrons. The lowest BCUT2D eigenvalue weighted by atomic mass is 10.0. The Labute approximate surface area is 428 Å². The Hall–Kier alpha value is -3.47. The van der Waals surface area contributed by atoms with Crippen LogP contribution >= 0.6 is 0 Å². The second-order valence-electron chi connectivity index (χ2n) is 19.0. The fourth-order valence-corrected chi connectivity index (χ4v) is 7.99. The van der Waals surface area contributed by atoms with Crippen molar-refractivity contribution in [3.63, 3.8) is 0 Å². The summed E-state index contributed by atoms with van der Waals surface area (Å²) < 4.78 is 0. The normalized spacial score (nSPS) is 13.9. The molecule has 0 aliphatic carbocycles. The number of allylic oxidation sites excluding steroid dienone is 21. The molecule has 3 N–H and O–H groups in total. The van der Waals surface area contributed by atoms with Crippen LogP contribution in [0, 0.1) is 0 Å². The summed E-state index contributed by atoms with van der Waals surface area (Å²) in [6.07, 6.45) is 91.9. The van der Waals surface area contributed by atoms with Crippen molar-refractivity contribution in [1.82, 2.24) is 5.32 Å². The number of unbranched alkanes of at least 4 members (excludes halogenated alkanes) is 24. The molecule has 2 atom stereocenters. The van der Waals surface area contributed by atoms with Crippen LogP contribution in [0.4, 0.5) is 0 Å². The van der Waals surface area contributed by atoms with Gasteiger partial charge >= 0.3 is 0 Å². The summed E-state index contributed by atoms with van der Waals surface area (Å²) in [5, 5.41) is 23.1. The Kier molecular flexibility index (Phi) is 55.9. The zero-order valence-corrected chi connectivity index (χ0v) is 45.0. The van der Waals surface area contributed by atoms with Gasteiger partial charge in [-0.2, -0.15) is 0 Å². The SMILES string of the molecule is CC/C=C\C/C=C\C/C=C\C/C=C\C/C=C\C/C=C\C/C=C\C/C=C\CCCCCCCCCCCCCCCCCCC(=O)NC(CO)C(O)/C=C/CC/C=C/CC/C=C/CCCCCCCC. The van der Waals surface area contributed by atoms with E-state index in [4.69, 9.17) is 0 Å². The summed E-state index contributed by atoms with van der Waals surface area (Å²) in [6.45, 7) is 4.16. The largest absolute Gasteiger partial charge is 0.394 e. The maximum absolute atomic E-state index is 12.5. The summed E-state index contributed by atoms with van der Waals surface area (Å²) in [5.74, 6) is -0.0818. The van der Waals surface area contributed by atoms with E-state index in [1.54, 1.807) is 6.08 Å². The van der Waals surface area contributed by atoms with Crippen molar-refractivity contribution < 1.29 is 15.0 Å². The van der Waals surface area contributed by atoms with Crippen molar-refractivity contribution in [3.05, 3.63) is 134 Å². The number of rotatable bonds is 51. The lowest BCUT2D eigenvalue weighted by Crippen LogP contribution is -2.45. The minimum atomic E-state index is -0.876. The number of hydrogen-bond acceptors (Lipinski definition) is 3. The summed E-state index contributed by atoms with van der Waals surface area (Å²) in [4.78, 5) is 12.5. The number of carbonyl (C=O) groups excluding carboxylic acids is 1. The molecule has 0 saturated heterocycles. The van der Waals surface area contributed by atoms with E-state index >= 15 is 0 Å². The van der Waals surface area contributed by atoms with Crippen molar-refractivity contribution in [1.29, 1.82) is 0 Å². The van der Waals surface area contributed by atoms with Crippen LogP contribution in [-0.4, -0.2) is 34.9 Å². The fraction of sp³-hybridized carbons (Fsp3) is 0.646. The molecule has 0 bridgehead atoms. The van der Waals surface area contributed by atoms with Gasteiger partial charge in [0, 0.05) is 6.42 Å². The standard InChI is InChI=1S/C65H109NO3/c1-3-5-7-9-11-13-15-17-19-21-22-23-24-25-26-27-28-29-30-31-32-33-34-35-36-37-38-39-40-41-42-43-44-45-47-49-51-53-55-57-59-61-65(69)66-63(62-67)64(68)60-58-56-54-52-50-48-46-20-18-16-14-12-10-8-6-4-2/h5,7,11,13,17-20,22-23,25-26,28-29,31-32,34-35,50,52,58,60,63-64,67-68H,3-4,6,8-10,12,14-16,21,24,27,30,33,36-49,51,53-57,59,61-62H2,1-2H3,(H,66,69)/b7-5-,13-11-,19-17-,20-18+,23-22-,26-25-,29-28-,32-31-,35-34-,52-50+,60-58+. The maximum atomic E-state index is 12.5. The van der Waals surface area contributed by atoms with Gasteiger partial charge in [0.1, 0.15) is 0 Å². The first-order valence-electron chi connectivity index (χ1n) is 28.9. The van der Waals surface area contributed by atoms with E-state index in [2.05, 4.69) is 141 Å². The third-order valence-electron chi connectivity index (χ3n) is 12.3. The third kappa shape index (κ3) is 55.3. The number of aliphatic hydroxyl groups excluding tert-OH is 2. The van der Waals surface area contributed by atoms with E-state index in [-0.39, 0.29) is 12.5 Å². The van der Waals surface area contributed by atoms with E-state index in [0.717, 1.165) is 89.9 Å².